The molecule has 0 radical (unpaired) electrons. The van der Waals surface area contributed by atoms with Crippen molar-refractivity contribution in [1.29, 1.82) is 0 Å². The zero-order valence-corrected chi connectivity index (χ0v) is 16.4. The molecule has 0 fully saturated rings. The number of pyridine rings is 1. The Labute approximate surface area is 162 Å². The van der Waals surface area contributed by atoms with Gasteiger partial charge in [-0.1, -0.05) is 26.0 Å². The van der Waals surface area contributed by atoms with Crippen molar-refractivity contribution in [1.82, 2.24) is 4.98 Å². The highest BCUT2D eigenvalue weighted by atomic mass is 32.2. The van der Waals surface area contributed by atoms with Crippen LogP contribution >= 0.6 is 0 Å². The second-order valence-corrected chi connectivity index (χ2v) is 8.73. The molecule has 2 aromatic carbocycles. The van der Waals surface area contributed by atoms with Crippen molar-refractivity contribution in [2.75, 3.05) is 11.4 Å². The van der Waals surface area contributed by atoms with Crippen LogP contribution in [0.25, 0.3) is 10.9 Å². The number of carboxylic acid groups (broad SMARTS) is 1. The minimum Gasteiger partial charge on any atom is -0.477 e. The zero-order chi connectivity index (χ0) is 20.6. The van der Waals surface area contributed by atoms with Gasteiger partial charge in [0.05, 0.1) is 10.6 Å². The summed E-state index contributed by atoms with van der Waals surface area (Å²) in [4.78, 5) is 26.2. The molecule has 2 N–H and O–H groups in total. The van der Waals surface area contributed by atoms with Gasteiger partial charge in [-0.2, -0.15) is 0 Å². The van der Waals surface area contributed by atoms with Gasteiger partial charge in [0, 0.05) is 24.1 Å². The van der Waals surface area contributed by atoms with E-state index in [0.717, 1.165) is 16.1 Å². The molecular formula is C20H20N2O5S. The van der Waals surface area contributed by atoms with E-state index in [1.54, 1.807) is 12.1 Å². The summed E-state index contributed by atoms with van der Waals surface area (Å²) in [6, 6.07) is 11.2. The van der Waals surface area contributed by atoms with E-state index in [2.05, 4.69) is 4.98 Å². The fourth-order valence-electron chi connectivity index (χ4n) is 2.88. The predicted molar refractivity (Wildman–Crippen MR) is 108 cm³/mol. The molecule has 1 aromatic heterocycles. The number of nitrogens with one attached hydrogen (secondary N) is 1. The molecule has 0 aliphatic carbocycles. The van der Waals surface area contributed by atoms with Gasteiger partial charge in [-0.15, -0.1) is 0 Å². The first-order valence-electron chi connectivity index (χ1n) is 8.60. The Kier molecular flexibility index (Phi) is 4.99. The number of fused-ring (bicyclic) bond motifs is 1. The summed E-state index contributed by atoms with van der Waals surface area (Å²) >= 11 is 0. The fraction of sp³-hybridized carbons (Fsp3) is 0.200. The van der Waals surface area contributed by atoms with Gasteiger partial charge in [-0.3, -0.25) is 9.10 Å². The number of rotatable bonds is 5. The van der Waals surface area contributed by atoms with Crippen LogP contribution in [0.15, 0.2) is 58.4 Å². The van der Waals surface area contributed by atoms with Gasteiger partial charge in [-0.25, -0.2) is 13.2 Å². The summed E-state index contributed by atoms with van der Waals surface area (Å²) in [5, 5.41) is 9.11. The SMILES string of the molecule is CC(C)c1ccc(N(C)S(=O)(=O)c2ccc3[nH]cc(C(=O)O)c(=O)c3c2)cc1. The maximum Gasteiger partial charge on any atom is 0.341 e. The monoisotopic (exact) mass is 400 g/mol. The van der Waals surface area contributed by atoms with E-state index in [0.29, 0.717) is 17.1 Å². The second-order valence-electron chi connectivity index (χ2n) is 6.76. The van der Waals surface area contributed by atoms with Gasteiger partial charge in [0.2, 0.25) is 5.43 Å². The number of nitrogens with zero attached hydrogens (tertiary/aromatic N) is 1. The molecule has 7 nitrogen and oxygen atoms in total. The number of hydrogen-bond acceptors (Lipinski definition) is 4. The molecule has 0 spiro atoms. The predicted octanol–water partition coefficient (Wildman–Crippen LogP) is 3.17. The Morgan fingerprint density at radius 3 is 2.32 bits per heavy atom. The quantitative estimate of drug-likeness (QED) is 0.684. The summed E-state index contributed by atoms with van der Waals surface area (Å²) in [6.07, 6.45) is 1.10. The zero-order valence-electron chi connectivity index (χ0n) is 15.6. The van der Waals surface area contributed by atoms with E-state index in [9.17, 15) is 18.0 Å². The molecule has 0 bridgehead atoms. The van der Waals surface area contributed by atoms with Gasteiger partial charge < -0.3 is 10.1 Å². The van der Waals surface area contributed by atoms with Crippen LogP contribution in [0.1, 0.15) is 35.7 Å². The lowest BCUT2D eigenvalue weighted by Gasteiger charge is -2.20. The molecule has 1 heterocycles. The van der Waals surface area contributed by atoms with Crippen molar-refractivity contribution in [2.24, 2.45) is 0 Å². The summed E-state index contributed by atoms with van der Waals surface area (Å²) < 4.78 is 27.2. The lowest BCUT2D eigenvalue weighted by Crippen LogP contribution is -2.26. The molecule has 28 heavy (non-hydrogen) atoms. The molecule has 3 aromatic rings. The van der Waals surface area contributed by atoms with E-state index >= 15 is 0 Å². The van der Waals surface area contributed by atoms with Crippen molar-refractivity contribution < 1.29 is 18.3 Å². The maximum absolute atomic E-state index is 13.0. The number of hydrogen-bond donors (Lipinski definition) is 2. The molecule has 0 unspecified atom stereocenters. The summed E-state index contributed by atoms with van der Waals surface area (Å²) in [5.41, 5.74) is 0.755. The van der Waals surface area contributed by atoms with E-state index in [-0.39, 0.29) is 10.3 Å². The normalized spacial score (nSPS) is 11.7. The van der Waals surface area contributed by atoms with Gasteiger partial charge in [0.25, 0.3) is 10.0 Å². The fourth-order valence-corrected chi connectivity index (χ4v) is 4.11. The van der Waals surface area contributed by atoms with E-state index in [4.69, 9.17) is 5.11 Å². The van der Waals surface area contributed by atoms with Crippen molar-refractivity contribution >= 4 is 32.6 Å². The summed E-state index contributed by atoms with van der Waals surface area (Å²) in [7, 11) is -2.50. The third-order valence-corrected chi connectivity index (χ3v) is 6.45. The molecule has 0 saturated heterocycles. The first-order chi connectivity index (χ1) is 13.1. The van der Waals surface area contributed by atoms with Crippen LogP contribution in [-0.4, -0.2) is 31.5 Å². The Hall–Kier alpha value is -3.13. The average Bonchev–Trinajstić information content (AvgIpc) is 2.67. The van der Waals surface area contributed by atoms with Crippen molar-refractivity contribution in [3.8, 4) is 0 Å². The summed E-state index contributed by atoms with van der Waals surface area (Å²) in [6.45, 7) is 4.10. The minimum atomic E-state index is -3.93. The molecule has 0 aliphatic heterocycles. The van der Waals surface area contributed by atoms with Crippen molar-refractivity contribution in [3.05, 3.63) is 70.0 Å². The molecule has 3 rings (SSSR count). The number of H-pyrrole nitrogens is 1. The van der Waals surface area contributed by atoms with Gasteiger partial charge in [0.1, 0.15) is 5.56 Å². The van der Waals surface area contributed by atoms with Crippen LogP contribution in [0.2, 0.25) is 0 Å². The Morgan fingerprint density at radius 1 is 1.11 bits per heavy atom. The average molecular weight is 400 g/mol. The maximum atomic E-state index is 13.0. The minimum absolute atomic E-state index is 0.00420. The van der Waals surface area contributed by atoms with E-state index in [1.807, 2.05) is 26.0 Å². The largest absolute Gasteiger partial charge is 0.477 e. The molecule has 0 amide bonds. The van der Waals surface area contributed by atoms with Crippen LogP contribution in [0, 0.1) is 0 Å². The highest BCUT2D eigenvalue weighted by Gasteiger charge is 2.23. The van der Waals surface area contributed by atoms with Crippen LogP contribution in [-0.2, 0) is 10.0 Å². The number of anilines is 1. The lowest BCUT2D eigenvalue weighted by molar-refractivity contribution is 0.0695. The smallest absolute Gasteiger partial charge is 0.341 e. The second kappa shape index (κ2) is 7.12. The Balaban J connectivity index is 2.07. The van der Waals surface area contributed by atoms with Gasteiger partial charge in [0.15, 0.2) is 0 Å². The topological polar surface area (TPSA) is 108 Å². The lowest BCUT2D eigenvalue weighted by atomic mass is 10.0. The Morgan fingerprint density at radius 2 is 1.75 bits per heavy atom. The number of aromatic amines is 1. The number of aromatic carboxylic acids is 1. The highest BCUT2D eigenvalue weighted by molar-refractivity contribution is 7.92. The summed E-state index contributed by atoms with van der Waals surface area (Å²) in [5.74, 6) is -1.05. The first kappa shape index (κ1) is 19.6. The van der Waals surface area contributed by atoms with Crippen LogP contribution in [0.5, 0.6) is 0 Å². The van der Waals surface area contributed by atoms with Crippen molar-refractivity contribution in [3.63, 3.8) is 0 Å². The van der Waals surface area contributed by atoms with Crippen molar-refractivity contribution in [2.45, 2.75) is 24.7 Å². The van der Waals surface area contributed by atoms with Crippen LogP contribution in [0.4, 0.5) is 5.69 Å². The van der Waals surface area contributed by atoms with E-state index in [1.165, 1.54) is 25.2 Å². The van der Waals surface area contributed by atoms with E-state index < -0.39 is 27.0 Å². The molecule has 146 valence electrons. The number of carboxylic acids is 1. The van der Waals surface area contributed by atoms with Gasteiger partial charge in [-0.05, 0) is 41.8 Å². The Bertz CT molecular complexity index is 1210. The third-order valence-electron chi connectivity index (χ3n) is 4.66. The van der Waals surface area contributed by atoms with Gasteiger partial charge >= 0.3 is 5.97 Å². The number of sulfonamides is 1. The molecule has 0 atom stereocenters. The van der Waals surface area contributed by atoms with Crippen LogP contribution < -0.4 is 9.73 Å². The molecular weight excluding hydrogens is 380 g/mol. The molecule has 0 aliphatic rings. The highest BCUT2D eigenvalue weighted by Crippen LogP contribution is 2.25. The van der Waals surface area contributed by atoms with Crippen LogP contribution in [0.3, 0.4) is 0 Å². The standard InChI is InChI=1S/C20H20N2O5S/c1-12(2)13-4-6-14(7-5-13)22(3)28(26,27)15-8-9-18-16(10-15)19(23)17(11-21-18)20(24)25/h4-12H,1-3H3,(H,21,23)(H,24,25). The number of carbonyl (C=O) groups is 1. The number of benzene rings is 2. The third kappa shape index (κ3) is 3.38. The first-order valence-corrected chi connectivity index (χ1v) is 10.0. The molecule has 8 heteroatoms. The molecule has 0 saturated carbocycles. The number of aromatic nitrogens is 1.